The third kappa shape index (κ3) is 3.94. The minimum absolute atomic E-state index is 0.0408. The standard InChI is InChI=1S/C15H21BrO3/c1-10(17)13-8-11(16)4-5-14(13)18-9-12-6-7-15(2,3)19-12/h4-5,8,10,12,17H,6-7,9H2,1-3H3. The third-order valence-corrected chi connectivity index (χ3v) is 3.89. The van der Waals surface area contributed by atoms with Crippen LogP contribution in [0, 0.1) is 0 Å². The zero-order valence-corrected chi connectivity index (χ0v) is 13.2. The Balaban J connectivity index is 2.00. The third-order valence-electron chi connectivity index (χ3n) is 3.40. The predicted molar refractivity (Wildman–Crippen MR) is 78.5 cm³/mol. The van der Waals surface area contributed by atoms with Crippen molar-refractivity contribution in [3.63, 3.8) is 0 Å². The van der Waals surface area contributed by atoms with Crippen molar-refractivity contribution >= 4 is 15.9 Å². The SMILES string of the molecule is CC(O)c1cc(Br)ccc1OCC1CCC(C)(C)O1. The molecule has 0 bridgehead atoms. The number of ether oxygens (including phenoxy) is 2. The minimum atomic E-state index is -0.548. The average molecular weight is 329 g/mol. The Labute approximate surface area is 123 Å². The lowest BCUT2D eigenvalue weighted by Gasteiger charge is -2.20. The number of aliphatic hydroxyl groups is 1. The van der Waals surface area contributed by atoms with Crippen LogP contribution in [0.3, 0.4) is 0 Å². The Morgan fingerprint density at radius 2 is 2.26 bits per heavy atom. The van der Waals surface area contributed by atoms with Crippen LogP contribution in [-0.4, -0.2) is 23.4 Å². The van der Waals surface area contributed by atoms with E-state index in [1.54, 1.807) is 6.92 Å². The lowest BCUT2D eigenvalue weighted by molar-refractivity contribution is -0.0329. The Kier molecular flexibility index (Phi) is 4.54. The highest BCUT2D eigenvalue weighted by Gasteiger charge is 2.32. The van der Waals surface area contributed by atoms with Gasteiger partial charge in [-0.25, -0.2) is 0 Å². The molecule has 3 nitrogen and oxygen atoms in total. The van der Waals surface area contributed by atoms with Crippen molar-refractivity contribution in [3.05, 3.63) is 28.2 Å². The summed E-state index contributed by atoms with van der Waals surface area (Å²) in [5, 5.41) is 9.77. The van der Waals surface area contributed by atoms with Gasteiger partial charge in [0.2, 0.25) is 0 Å². The van der Waals surface area contributed by atoms with E-state index < -0.39 is 6.10 Å². The van der Waals surface area contributed by atoms with Gasteiger partial charge in [-0.15, -0.1) is 0 Å². The van der Waals surface area contributed by atoms with E-state index in [4.69, 9.17) is 9.47 Å². The summed E-state index contributed by atoms with van der Waals surface area (Å²) in [6.07, 6.45) is 1.67. The molecule has 106 valence electrons. The van der Waals surface area contributed by atoms with Gasteiger partial charge in [0.05, 0.1) is 17.8 Å². The van der Waals surface area contributed by atoms with Crippen LogP contribution >= 0.6 is 15.9 Å². The van der Waals surface area contributed by atoms with E-state index in [0.29, 0.717) is 6.61 Å². The molecule has 0 saturated carbocycles. The van der Waals surface area contributed by atoms with Crippen LogP contribution in [-0.2, 0) is 4.74 Å². The molecule has 0 amide bonds. The van der Waals surface area contributed by atoms with Crippen LogP contribution in [0.1, 0.15) is 45.3 Å². The molecule has 0 aromatic heterocycles. The highest BCUT2D eigenvalue weighted by molar-refractivity contribution is 9.10. The first-order valence-corrected chi connectivity index (χ1v) is 7.45. The fourth-order valence-corrected chi connectivity index (χ4v) is 2.73. The number of rotatable bonds is 4. The van der Waals surface area contributed by atoms with Crippen molar-refractivity contribution in [2.24, 2.45) is 0 Å². The number of benzene rings is 1. The first kappa shape index (κ1) is 14.8. The van der Waals surface area contributed by atoms with Crippen LogP contribution in [0.5, 0.6) is 5.75 Å². The van der Waals surface area contributed by atoms with Crippen molar-refractivity contribution in [2.45, 2.75) is 51.4 Å². The molecular formula is C15H21BrO3. The number of aliphatic hydroxyl groups excluding tert-OH is 1. The summed E-state index contributed by atoms with van der Waals surface area (Å²) in [7, 11) is 0. The monoisotopic (exact) mass is 328 g/mol. The second-order valence-electron chi connectivity index (χ2n) is 5.71. The highest BCUT2D eigenvalue weighted by Crippen LogP contribution is 2.32. The Morgan fingerprint density at radius 3 is 2.84 bits per heavy atom. The zero-order valence-electron chi connectivity index (χ0n) is 11.6. The predicted octanol–water partition coefficient (Wildman–Crippen LogP) is 3.84. The molecule has 4 heteroatoms. The van der Waals surface area contributed by atoms with E-state index in [-0.39, 0.29) is 11.7 Å². The van der Waals surface area contributed by atoms with Gasteiger partial charge in [-0.3, -0.25) is 0 Å². The van der Waals surface area contributed by atoms with Crippen LogP contribution in [0.25, 0.3) is 0 Å². The largest absolute Gasteiger partial charge is 0.490 e. The van der Waals surface area contributed by atoms with Gasteiger partial charge in [-0.2, -0.15) is 0 Å². The summed E-state index contributed by atoms with van der Waals surface area (Å²) >= 11 is 3.41. The van der Waals surface area contributed by atoms with Crippen LogP contribution < -0.4 is 4.74 Å². The summed E-state index contributed by atoms with van der Waals surface area (Å²) in [4.78, 5) is 0. The van der Waals surface area contributed by atoms with Gasteiger partial charge < -0.3 is 14.6 Å². The molecule has 2 atom stereocenters. The topological polar surface area (TPSA) is 38.7 Å². The Morgan fingerprint density at radius 1 is 1.53 bits per heavy atom. The van der Waals surface area contributed by atoms with Gasteiger partial charge in [-0.1, -0.05) is 15.9 Å². The minimum Gasteiger partial charge on any atom is -0.490 e. The van der Waals surface area contributed by atoms with Crippen LogP contribution in [0.15, 0.2) is 22.7 Å². The second kappa shape index (κ2) is 5.81. The molecule has 1 N–H and O–H groups in total. The van der Waals surface area contributed by atoms with Crippen molar-refractivity contribution in [1.29, 1.82) is 0 Å². The lowest BCUT2D eigenvalue weighted by atomic mass is 10.1. The molecule has 1 aliphatic rings. The average Bonchev–Trinajstić information content (AvgIpc) is 2.67. The van der Waals surface area contributed by atoms with Gasteiger partial charge in [0.25, 0.3) is 0 Å². The van der Waals surface area contributed by atoms with Crippen molar-refractivity contribution < 1.29 is 14.6 Å². The molecule has 0 aliphatic carbocycles. The fraction of sp³-hybridized carbons (Fsp3) is 0.600. The van der Waals surface area contributed by atoms with E-state index in [2.05, 4.69) is 29.8 Å². The first-order valence-electron chi connectivity index (χ1n) is 6.65. The van der Waals surface area contributed by atoms with Gasteiger partial charge >= 0.3 is 0 Å². The van der Waals surface area contributed by atoms with E-state index in [1.165, 1.54) is 0 Å². The lowest BCUT2D eigenvalue weighted by Crippen LogP contribution is -2.24. The van der Waals surface area contributed by atoms with Gasteiger partial charge in [0.15, 0.2) is 0 Å². The van der Waals surface area contributed by atoms with Gasteiger partial charge in [0, 0.05) is 10.0 Å². The second-order valence-corrected chi connectivity index (χ2v) is 6.62. The van der Waals surface area contributed by atoms with E-state index in [0.717, 1.165) is 28.6 Å². The first-order chi connectivity index (χ1) is 8.87. The fourth-order valence-electron chi connectivity index (χ4n) is 2.35. The molecule has 1 aromatic rings. The van der Waals surface area contributed by atoms with Gasteiger partial charge in [-0.05, 0) is 51.8 Å². The number of hydrogen-bond acceptors (Lipinski definition) is 3. The maximum absolute atomic E-state index is 9.77. The number of hydrogen-bond donors (Lipinski definition) is 1. The maximum atomic E-state index is 9.77. The molecular weight excluding hydrogens is 308 g/mol. The smallest absolute Gasteiger partial charge is 0.125 e. The van der Waals surface area contributed by atoms with Crippen LogP contribution in [0.4, 0.5) is 0 Å². The van der Waals surface area contributed by atoms with E-state index >= 15 is 0 Å². The summed E-state index contributed by atoms with van der Waals surface area (Å²) in [6.45, 7) is 6.48. The Bertz CT molecular complexity index is 443. The molecule has 1 aromatic carbocycles. The van der Waals surface area contributed by atoms with Crippen molar-refractivity contribution in [1.82, 2.24) is 0 Å². The molecule has 1 saturated heterocycles. The summed E-state index contributed by atoms with van der Waals surface area (Å²) in [6, 6.07) is 5.69. The molecule has 1 fully saturated rings. The molecule has 2 unspecified atom stereocenters. The maximum Gasteiger partial charge on any atom is 0.125 e. The summed E-state index contributed by atoms with van der Waals surface area (Å²) in [5.74, 6) is 0.728. The van der Waals surface area contributed by atoms with E-state index in [1.807, 2.05) is 18.2 Å². The number of halogens is 1. The van der Waals surface area contributed by atoms with Crippen LogP contribution in [0.2, 0.25) is 0 Å². The normalized spacial score (nSPS) is 23.3. The van der Waals surface area contributed by atoms with E-state index in [9.17, 15) is 5.11 Å². The quantitative estimate of drug-likeness (QED) is 0.912. The molecule has 1 aliphatic heterocycles. The highest BCUT2D eigenvalue weighted by atomic mass is 79.9. The summed E-state index contributed by atoms with van der Waals surface area (Å²) < 4.78 is 12.7. The van der Waals surface area contributed by atoms with Crippen molar-refractivity contribution in [3.8, 4) is 5.75 Å². The van der Waals surface area contributed by atoms with Gasteiger partial charge in [0.1, 0.15) is 12.4 Å². The molecule has 0 radical (unpaired) electrons. The van der Waals surface area contributed by atoms with Crippen molar-refractivity contribution in [2.75, 3.05) is 6.61 Å². The molecule has 2 rings (SSSR count). The Hall–Kier alpha value is -0.580. The summed E-state index contributed by atoms with van der Waals surface area (Å²) in [5.41, 5.74) is 0.757. The molecule has 0 spiro atoms. The zero-order chi connectivity index (χ0) is 14.0. The molecule has 19 heavy (non-hydrogen) atoms. The molecule has 1 heterocycles.